The summed E-state index contributed by atoms with van der Waals surface area (Å²) in [5.74, 6) is 0. The van der Waals surface area contributed by atoms with Gasteiger partial charge in [0.1, 0.15) is 0 Å². The average molecular weight is 275 g/mol. The van der Waals surface area contributed by atoms with E-state index in [0.717, 1.165) is 17.7 Å². The zero-order chi connectivity index (χ0) is 14.5. The summed E-state index contributed by atoms with van der Waals surface area (Å²) < 4.78 is 37.1. The van der Waals surface area contributed by atoms with E-state index in [0.29, 0.717) is 25.9 Å². The molecule has 1 rings (SSSR count). The Morgan fingerprint density at radius 3 is 2.00 bits per heavy atom. The van der Waals surface area contributed by atoms with Crippen molar-refractivity contribution in [1.29, 1.82) is 0 Å². The van der Waals surface area contributed by atoms with E-state index in [1.807, 2.05) is 13.8 Å². The second-order valence-electron chi connectivity index (χ2n) is 4.73. The van der Waals surface area contributed by atoms with Crippen molar-refractivity contribution < 1.29 is 18.3 Å². The maximum absolute atomic E-state index is 12.4. The molecule has 108 valence electrons. The van der Waals surface area contributed by atoms with Gasteiger partial charge in [-0.3, -0.25) is 0 Å². The predicted molar refractivity (Wildman–Crippen MR) is 68.7 cm³/mol. The van der Waals surface area contributed by atoms with Crippen molar-refractivity contribution in [2.24, 2.45) is 0 Å². The van der Waals surface area contributed by atoms with E-state index in [1.165, 1.54) is 12.1 Å². The molecule has 2 nitrogen and oxygen atoms in total. The molecule has 0 aliphatic carbocycles. The van der Waals surface area contributed by atoms with Crippen molar-refractivity contribution in [2.45, 2.75) is 45.0 Å². The number of hydrogen-bond acceptors (Lipinski definition) is 2. The molecule has 19 heavy (non-hydrogen) atoms. The molecule has 0 radical (unpaired) electrons. The van der Waals surface area contributed by atoms with Crippen LogP contribution in [0.2, 0.25) is 0 Å². The molecule has 0 unspecified atom stereocenters. The normalized spacial score (nSPS) is 12.7. The van der Waals surface area contributed by atoms with Gasteiger partial charge in [-0.2, -0.15) is 13.2 Å². The van der Waals surface area contributed by atoms with Crippen LogP contribution in [-0.4, -0.2) is 17.3 Å². The van der Waals surface area contributed by atoms with Gasteiger partial charge in [-0.1, -0.05) is 26.0 Å². The monoisotopic (exact) mass is 275 g/mol. The first-order valence-corrected chi connectivity index (χ1v) is 6.40. The third-order valence-electron chi connectivity index (χ3n) is 3.38. The molecule has 0 fully saturated rings. The second-order valence-corrected chi connectivity index (χ2v) is 4.73. The highest BCUT2D eigenvalue weighted by Crippen LogP contribution is 2.29. The molecule has 0 saturated heterocycles. The minimum absolute atomic E-state index is 0.432. The number of halogens is 3. The van der Waals surface area contributed by atoms with Crippen LogP contribution in [0.15, 0.2) is 24.3 Å². The minimum atomic E-state index is -4.30. The molecule has 0 aliphatic rings. The van der Waals surface area contributed by atoms with E-state index in [1.54, 1.807) is 0 Å². The first kappa shape index (κ1) is 16.0. The molecule has 0 aliphatic heterocycles. The predicted octanol–water partition coefficient (Wildman–Crippen LogP) is 3.35. The topological polar surface area (TPSA) is 32.3 Å². The number of aliphatic hydroxyl groups is 1. The van der Waals surface area contributed by atoms with Crippen LogP contribution in [0.4, 0.5) is 13.2 Å². The fraction of sp³-hybridized carbons (Fsp3) is 0.571. The van der Waals surface area contributed by atoms with Crippen molar-refractivity contribution >= 4 is 0 Å². The lowest BCUT2D eigenvalue weighted by atomic mass is 9.97. The molecular weight excluding hydrogens is 255 g/mol. The molecule has 2 N–H and O–H groups in total. The number of hydrogen-bond donors (Lipinski definition) is 2. The van der Waals surface area contributed by atoms with Gasteiger partial charge < -0.3 is 10.4 Å². The lowest BCUT2D eigenvalue weighted by molar-refractivity contribution is -0.137. The van der Waals surface area contributed by atoms with Crippen LogP contribution in [-0.2, 0) is 12.7 Å². The lowest BCUT2D eigenvalue weighted by Gasteiger charge is -2.25. The molecule has 1 aromatic rings. The Morgan fingerprint density at radius 1 is 1.05 bits per heavy atom. The Kier molecular flexibility index (Phi) is 5.38. The standard InChI is InChI=1S/C14H20F3NO/c1-3-13(19,4-2)10-18-9-11-5-7-12(8-6-11)14(15,16)17/h5-8,18-19H,3-4,9-10H2,1-2H3. The molecule has 0 heterocycles. The average Bonchev–Trinajstić information content (AvgIpc) is 2.38. The summed E-state index contributed by atoms with van der Waals surface area (Å²) in [7, 11) is 0. The first-order chi connectivity index (χ1) is 8.80. The molecule has 0 spiro atoms. The van der Waals surface area contributed by atoms with Crippen molar-refractivity contribution in [3.63, 3.8) is 0 Å². The van der Waals surface area contributed by atoms with E-state index >= 15 is 0 Å². The number of benzene rings is 1. The van der Waals surface area contributed by atoms with Crippen LogP contribution in [0.1, 0.15) is 37.8 Å². The molecular formula is C14H20F3NO. The van der Waals surface area contributed by atoms with Crippen LogP contribution >= 0.6 is 0 Å². The van der Waals surface area contributed by atoms with Gasteiger partial charge in [0.15, 0.2) is 0 Å². The van der Waals surface area contributed by atoms with Crippen LogP contribution < -0.4 is 5.32 Å². The Hall–Kier alpha value is -1.07. The zero-order valence-electron chi connectivity index (χ0n) is 11.2. The highest BCUT2D eigenvalue weighted by Gasteiger charge is 2.29. The number of alkyl halides is 3. The Bertz CT molecular complexity index is 383. The van der Waals surface area contributed by atoms with Gasteiger partial charge in [-0.05, 0) is 30.5 Å². The third kappa shape index (κ3) is 4.84. The summed E-state index contributed by atoms with van der Waals surface area (Å²) >= 11 is 0. The van der Waals surface area contributed by atoms with E-state index in [-0.39, 0.29) is 0 Å². The van der Waals surface area contributed by atoms with E-state index in [9.17, 15) is 18.3 Å². The lowest BCUT2D eigenvalue weighted by Crippen LogP contribution is -2.39. The van der Waals surface area contributed by atoms with Crippen LogP contribution in [0.25, 0.3) is 0 Å². The highest BCUT2D eigenvalue weighted by atomic mass is 19.4. The summed E-state index contributed by atoms with van der Waals surface area (Å²) in [4.78, 5) is 0. The fourth-order valence-corrected chi connectivity index (χ4v) is 1.75. The van der Waals surface area contributed by atoms with Gasteiger partial charge in [0.25, 0.3) is 0 Å². The summed E-state index contributed by atoms with van der Waals surface area (Å²) in [5.41, 5.74) is -0.622. The molecule has 0 atom stereocenters. The molecule has 0 bridgehead atoms. The number of rotatable bonds is 6. The Morgan fingerprint density at radius 2 is 1.58 bits per heavy atom. The zero-order valence-corrected chi connectivity index (χ0v) is 11.2. The molecule has 5 heteroatoms. The van der Waals surface area contributed by atoms with E-state index < -0.39 is 17.3 Å². The minimum Gasteiger partial charge on any atom is -0.389 e. The second kappa shape index (κ2) is 6.39. The highest BCUT2D eigenvalue weighted by molar-refractivity contribution is 5.24. The van der Waals surface area contributed by atoms with Crippen molar-refractivity contribution in [3.8, 4) is 0 Å². The fourth-order valence-electron chi connectivity index (χ4n) is 1.75. The molecule has 0 amide bonds. The van der Waals surface area contributed by atoms with Crippen LogP contribution in [0, 0.1) is 0 Å². The molecule has 1 aromatic carbocycles. The molecule has 0 aromatic heterocycles. The van der Waals surface area contributed by atoms with Gasteiger partial charge in [0.05, 0.1) is 11.2 Å². The van der Waals surface area contributed by atoms with Crippen molar-refractivity contribution in [2.75, 3.05) is 6.54 Å². The summed E-state index contributed by atoms with van der Waals surface area (Å²) in [5, 5.41) is 13.1. The van der Waals surface area contributed by atoms with Gasteiger partial charge in [0.2, 0.25) is 0 Å². The third-order valence-corrected chi connectivity index (χ3v) is 3.38. The van der Waals surface area contributed by atoms with E-state index in [4.69, 9.17) is 0 Å². The van der Waals surface area contributed by atoms with Crippen LogP contribution in [0.3, 0.4) is 0 Å². The largest absolute Gasteiger partial charge is 0.416 e. The van der Waals surface area contributed by atoms with E-state index in [2.05, 4.69) is 5.32 Å². The SMILES string of the molecule is CCC(O)(CC)CNCc1ccc(C(F)(F)F)cc1. The Labute approximate surface area is 111 Å². The summed E-state index contributed by atoms with van der Waals surface area (Å²) in [6.07, 6.45) is -3.01. The maximum Gasteiger partial charge on any atom is 0.416 e. The smallest absolute Gasteiger partial charge is 0.389 e. The Balaban J connectivity index is 2.51. The van der Waals surface area contributed by atoms with Gasteiger partial charge in [-0.25, -0.2) is 0 Å². The quantitative estimate of drug-likeness (QED) is 0.834. The summed E-state index contributed by atoms with van der Waals surface area (Å²) in [6.45, 7) is 4.69. The maximum atomic E-state index is 12.4. The number of nitrogens with one attached hydrogen (secondary N) is 1. The van der Waals surface area contributed by atoms with Gasteiger partial charge >= 0.3 is 6.18 Å². The van der Waals surface area contributed by atoms with Gasteiger partial charge in [-0.15, -0.1) is 0 Å². The van der Waals surface area contributed by atoms with Crippen molar-refractivity contribution in [1.82, 2.24) is 5.32 Å². The summed E-state index contributed by atoms with van der Waals surface area (Å²) in [6, 6.07) is 5.05. The molecule has 0 saturated carbocycles. The van der Waals surface area contributed by atoms with Gasteiger partial charge in [0, 0.05) is 13.1 Å². The van der Waals surface area contributed by atoms with Crippen molar-refractivity contribution in [3.05, 3.63) is 35.4 Å². The first-order valence-electron chi connectivity index (χ1n) is 6.40. The van der Waals surface area contributed by atoms with Crippen LogP contribution in [0.5, 0.6) is 0 Å².